The molecule has 17 heavy (non-hydrogen) atoms. The topological polar surface area (TPSA) is 25.0 Å². The molecular formula is C15H21NO. The molecule has 0 unspecified atom stereocenters. The van der Waals surface area contributed by atoms with Crippen LogP contribution in [-0.2, 0) is 12.8 Å². The highest BCUT2D eigenvalue weighted by Crippen LogP contribution is 2.27. The van der Waals surface area contributed by atoms with Crippen molar-refractivity contribution in [2.45, 2.75) is 40.0 Å². The SMILES string of the molecule is CCCc1[nH]c2ccc(OCC)cc2c1CC. The van der Waals surface area contributed by atoms with Gasteiger partial charge in [0.15, 0.2) is 0 Å². The number of rotatable bonds is 5. The minimum atomic E-state index is 0.721. The van der Waals surface area contributed by atoms with Gasteiger partial charge in [0.2, 0.25) is 0 Å². The monoisotopic (exact) mass is 231 g/mol. The summed E-state index contributed by atoms with van der Waals surface area (Å²) < 4.78 is 5.57. The van der Waals surface area contributed by atoms with Crippen molar-refractivity contribution in [2.24, 2.45) is 0 Å². The van der Waals surface area contributed by atoms with Crippen molar-refractivity contribution in [1.29, 1.82) is 0 Å². The summed E-state index contributed by atoms with van der Waals surface area (Å²) in [5.41, 5.74) is 4.07. The molecule has 0 fully saturated rings. The summed E-state index contributed by atoms with van der Waals surface area (Å²) in [5, 5.41) is 1.32. The summed E-state index contributed by atoms with van der Waals surface area (Å²) in [6.45, 7) is 7.18. The number of hydrogen-bond acceptors (Lipinski definition) is 1. The second-order valence-corrected chi connectivity index (χ2v) is 4.33. The van der Waals surface area contributed by atoms with Gasteiger partial charge in [-0.15, -0.1) is 0 Å². The van der Waals surface area contributed by atoms with Crippen LogP contribution in [0.4, 0.5) is 0 Å². The van der Waals surface area contributed by atoms with Gasteiger partial charge >= 0.3 is 0 Å². The summed E-state index contributed by atoms with van der Waals surface area (Å²) in [6.07, 6.45) is 3.38. The summed E-state index contributed by atoms with van der Waals surface area (Å²) in [6, 6.07) is 6.32. The first-order valence-corrected chi connectivity index (χ1v) is 6.56. The Labute approximate surface area is 103 Å². The van der Waals surface area contributed by atoms with Gasteiger partial charge in [-0.3, -0.25) is 0 Å². The fourth-order valence-electron chi connectivity index (χ4n) is 2.41. The smallest absolute Gasteiger partial charge is 0.120 e. The summed E-state index contributed by atoms with van der Waals surface area (Å²) in [4.78, 5) is 3.53. The Morgan fingerprint density at radius 1 is 1.18 bits per heavy atom. The summed E-state index contributed by atoms with van der Waals surface area (Å²) in [5.74, 6) is 0.969. The predicted molar refractivity (Wildman–Crippen MR) is 72.8 cm³/mol. The highest BCUT2D eigenvalue weighted by Gasteiger charge is 2.09. The summed E-state index contributed by atoms with van der Waals surface area (Å²) >= 11 is 0. The van der Waals surface area contributed by atoms with Crippen LogP contribution < -0.4 is 4.74 Å². The van der Waals surface area contributed by atoms with E-state index in [1.54, 1.807) is 0 Å². The number of nitrogens with one attached hydrogen (secondary N) is 1. The van der Waals surface area contributed by atoms with Gasteiger partial charge in [0.1, 0.15) is 5.75 Å². The van der Waals surface area contributed by atoms with Crippen molar-refractivity contribution in [2.75, 3.05) is 6.61 Å². The van der Waals surface area contributed by atoms with Crippen molar-refractivity contribution >= 4 is 10.9 Å². The van der Waals surface area contributed by atoms with Crippen molar-refractivity contribution in [3.05, 3.63) is 29.5 Å². The Morgan fingerprint density at radius 2 is 2.00 bits per heavy atom. The van der Waals surface area contributed by atoms with Crippen LogP contribution in [0.15, 0.2) is 18.2 Å². The van der Waals surface area contributed by atoms with E-state index in [2.05, 4.69) is 31.0 Å². The molecule has 2 rings (SSSR count). The molecule has 2 aromatic rings. The first kappa shape index (κ1) is 12.0. The molecule has 0 amide bonds. The first-order valence-electron chi connectivity index (χ1n) is 6.56. The fraction of sp³-hybridized carbons (Fsp3) is 0.467. The maximum absolute atomic E-state index is 5.57. The maximum Gasteiger partial charge on any atom is 0.120 e. The number of H-pyrrole nitrogens is 1. The zero-order valence-corrected chi connectivity index (χ0v) is 11.0. The van der Waals surface area contributed by atoms with E-state index in [1.807, 2.05) is 13.0 Å². The van der Waals surface area contributed by atoms with Crippen LogP contribution in [0, 0.1) is 0 Å². The van der Waals surface area contributed by atoms with E-state index >= 15 is 0 Å². The van der Waals surface area contributed by atoms with Gasteiger partial charge in [-0.1, -0.05) is 20.3 Å². The molecule has 0 saturated heterocycles. The summed E-state index contributed by atoms with van der Waals surface area (Å²) in [7, 11) is 0. The van der Waals surface area contributed by atoms with E-state index in [4.69, 9.17) is 4.74 Å². The molecule has 0 atom stereocenters. The zero-order chi connectivity index (χ0) is 12.3. The van der Waals surface area contributed by atoms with Gasteiger partial charge in [-0.2, -0.15) is 0 Å². The normalized spacial score (nSPS) is 11.0. The van der Waals surface area contributed by atoms with Crippen molar-refractivity contribution < 1.29 is 4.74 Å². The first-order chi connectivity index (χ1) is 8.30. The van der Waals surface area contributed by atoms with Gasteiger partial charge in [0.25, 0.3) is 0 Å². The van der Waals surface area contributed by atoms with Crippen LogP contribution in [-0.4, -0.2) is 11.6 Å². The quantitative estimate of drug-likeness (QED) is 0.824. The lowest BCUT2D eigenvalue weighted by molar-refractivity contribution is 0.340. The highest BCUT2D eigenvalue weighted by molar-refractivity contribution is 5.86. The molecule has 0 radical (unpaired) electrons. The van der Waals surface area contributed by atoms with Crippen molar-refractivity contribution in [1.82, 2.24) is 4.98 Å². The number of fused-ring (bicyclic) bond motifs is 1. The molecule has 0 spiro atoms. The third-order valence-electron chi connectivity index (χ3n) is 3.13. The predicted octanol–water partition coefficient (Wildman–Crippen LogP) is 4.08. The van der Waals surface area contributed by atoms with Gasteiger partial charge in [0, 0.05) is 16.6 Å². The van der Waals surface area contributed by atoms with Crippen LogP contribution in [0.5, 0.6) is 5.75 Å². The number of hydrogen-bond donors (Lipinski definition) is 1. The lowest BCUT2D eigenvalue weighted by Crippen LogP contribution is -1.91. The third kappa shape index (κ3) is 2.31. The Hall–Kier alpha value is -1.44. The molecule has 92 valence electrons. The standard InChI is InChI=1S/C15H21NO/c1-4-7-14-12(5-2)13-10-11(17-6-3)8-9-15(13)16-14/h8-10,16H,4-7H2,1-3H3. The van der Waals surface area contributed by atoms with Crippen LogP contribution in [0.1, 0.15) is 38.4 Å². The fourth-order valence-corrected chi connectivity index (χ4v) is 2.41. The largest absolute Gasteiger partial charge is 0.494 e. The average Bonchev–Trinajstić information content (AvgIpc) is 2.67. The lowest BCUT2D eigenvalue weighted by Gasteiger charge is -2.03. The van der Waals surface area contributed by atoms with E-state index in [0.29, 0.717) is 0 Å². The highest BCUT2D eigenvalue weighted by atomic mass is 16.5. The molecule has 2 nitrogen and oxygen atoms in total. The number of benzene rings is 1. The number of aromatic amines is 1. The zero-order valence-electron chi connectivity index (χ0n) is 11.0. The molecule has 1 aromatic carbocycles. The van der Waals surface area contributed by atoms with E-state index in [9.17, 15) is 0 Å². The second-order valence-electron chi connectivity index (χ2n) is 4.33. The molecule has 0 saturated carbocycles. The Balaban J connectivity index is 2.50. The van der Waals surface area contributed by atoms with E-state index < -0.39 is 0 Å². The molecule has 1 heterocycles. The number of ether oxygens (including phenoxy) is 1. The molecule has 0 bridgehead atoms. The van der Waals surface area contributed by atoms with E-state index in [0.717, 1.165) is 25.2 Å². The maximum atomic E-state index is 5.57. The molecular weight excluding hydrogens is 210 g/mol. The van der Waals surface area contributed by atoms with Gasteiger partial charge in [0.05, 0.1) is 6.61 Å². The number of aromatic nitrogens is 1. The van der Waals surface area contributed by atoms with Gasteiger partial charge in [-0.25, -0.2) is 0 Å². The van der Waals surface area contributed by atoms with E-state index in [-0.39, 0.29) is 0 Å². The van der Waals surface area contributed by atoms with Crippen molar-refractivity contribution in [3.63, 3.8) is 0 Å². The van der Waals surface area contributed by atoms with Crippen molar-refractivity contribution in [3.8, 4) is 5.75 Å². The minimum absolute atomic E-state index is 0.721. The number of aryl methyl sites for hydroxylation is 2. The Kier molecular flexibility index (Phi) is 3.72. The molecule has 0 aliphatic carbocycles. The van der Waals surface area contributed by atoms with Crippen LogP contribution in [0.2, 0.25) is 0 Å². The third-order valence-corrected chi connectivity index (χ3v) is 3.13. The van der Waals surface area contributed by atoms with Crippen LogP contribution >= 0.6 is 0 Å². The van der Waals surface area contributed by atoms with E-state index in [1.165, 1.54) is 28.6 Å². The molecule has 0 aliphatic rings. The molecule has 1 aromatic heterocycles. The molecule has 0 aliphatic heterocycles. The second kappa shape index (κ2) is 5.26. The van der Waals surface area contributed by atoms with Crippen LogP contribution in [0.3, 0.4) is 0 Å². The molecule has 2 heteroatoms. The van der Waals surface area contributed by atoms with Gasteiger partial charge in [-0.05, 0) is 43.5 Å². The minimum Gasteiger partial charge on any atom is -0.494 e. The Bertz CT molecular complexity index is 499. The lowest BCUT2D eigenvalue weighted by atomic mass is 10.1. The average molecular weight is 231 g/mol. The van der Waals surface area contributed by atoms with Gasteiger partial charge < -0.3 is 9.72 Å². The molecule has 1 N–H and O–H groups in total. The van der Waals surface area contributed by atoms with Crippen LogP contribution in [0.25, 0.3) is 10.9 Å². The Morgan fingerprint density at radius 3 is 2.65 bits per heavy atom.